The van der Waals surface area contributed by atoms with Crippen molar-refractivity contribution < 1.29 is 13.2 Å². The van der Waals surface area contributed by atoms with E-state index in [0.29, 0.717) is 22.8 Å². The Balaban J connectivity index is 1.75. The van der Waals surface area contributed by atoms with Crippen LogP contribution in [-0.2, 0) is 16.6 Å². The maximum atomic E-state index is 12.7. The van der Waals surface area contributed by atoms with E-state index in [9.17, 15) is 13.2 Å². The molecule has 0 spiro atoms. The minimum absolute atomic E-state index is 0.216. The minimum Gasteiger partial charge on any atom is -0.337 e. The molecule has 27 heavy (non-hydrogen) atoms. The number of sulfonamides is 1. The van der Waals surface area contributed by atoms with Crippen molar-refractivity contribution in [3.05, 3.63) is 82.2 Å². The first-order chi connectivity index (χ1) is 12.8. The fourth-order valence-corrected chi connectivity index (χ4v) is 4.79. The van der Waals surface area contributed by atoms with E-state index in [1.165, 1.54) is 12.1 Å². The van der Waals surface area contributed by atoms with Crippen molar-refractivity contribution in [2.24, 2.45) is 0 Å². The third-order valence-electron chi connectivity index (χ3n) is 3.78. The Labute approximate surface area is 167 Å². The quantitative estimate of drug-likeness (QED) is 0.639. The zero-order valence-corrected chi connectivity index (χ0v) is 16.8. The largest absolute Gasteiger partial charge is 0.337 e. The Morgan fingerprint density at radius 3 is 2.59 bits per heavy atom. The molecule has 0 radical (unpaired) electrons. The van der Waals surface area contributed by atoms with Gasteiger partial charge in [0.25, 0.3) is 15.9 Å². The van der Waals surface area contributed by atoms with Gasteiger partial charge in [-0.25, -0.2) is 8.42 Å². The summed E-state index contributed by atoms with van der Waals surface area (Å²) in [4.78, 5) is 14.3. The molecule has 0 bridgehead atoms. The van der Waals surface area contributed by atoms with Gasteiger partial charge in [0.1, 0.15) is 4.21 Å². The van der Waals surface area contributed by atoms with Crippen LogP contribution in [0.3, 0.4) is 0 Å². The number of nitrogens with zero attached hydrogens (tertiary/aromatic N) is 1. The van der Waals surface area contributed by atoms with Crippen molar-refractivity contribution in [3.63, 3.8) is 0 Å². The molecule has 8 heteroatoms. The molecule has 3 rings (SSSR count). The summed E-state index contributed by atoms with van der Waals surface area (Å²) in [7, 11) is -1.97. The third-order valence-corrected chi connectivity index (χ3v) is 6.79. The van der Waals surface area contributed by atoms with E-state index in [0.717, 1.165) is 16.9 Å². The second-order valence-corrected chi connectivity index (χ2v) is 9.20. The van der Waals surface area contributed by atoms with Gasteiger partial charge in [-0.15, -0.1) is 11.3 Å². The van der Waals surface area contributed by atoms with Crippen molar-refractivity contribution in [2.75, 3.05) is 11.8 Å². The summed E-state index contributed by atoms with van der Waals surface area (Å²) < 4.78 is 27.4. The average Bonchev–Trinajstić information content (AvgIpc) is 3.16. The zero-order chi connectivity index (χ0) is 19.4. The minimum atomic E-state index is -3.66. The highest BCUT2D eigenvalue weighted by Gasteiger charge is 2.17. The Morgan fingerprint density at radius 2 is 1.89 bits per heavy atom. The first-order valence-corrected chi connectivity index (χ1v) is 10.8. The molecule has 2 aromatic carbocycles. The number of hydrogen-bond donors (Lipinski definition) is 1. The molecule has 0 unspecified atom stereocenters. The van der Waals surface area contributed by atoms with E-state index in [1.54, 1.807) is 53.7 Å². The molecule has 0 saturated carbocycles. The lowest BCUT2D eigenvalue weighted by molar-refractivity contribution is 0.0785. The molecule has 0 aliphatic carbocycles. The molecular formula is C19H17ClN2O3S2. The van der Waals surface area contributed by atoms with Gasteiger partial charge in [0.15, 0.2) is 0 Å². The molecule has 0 aliphatic rings. The molecule has 5 nitrogen and oxygen atoms in total. The van der Waals surface area contributed by atoms with Gasteiger partial charge < -0.3 is 4.90 Å². The van der Waals surface area contributed by atoms with E-state index >= 15 is 0 Å². The van der Waals surface area contributed by atoms with Gasteiger partial charge in [0, 0.05) is 29.9 Å². The number of hydrogen-bond acceptors (Lipinski definition) is 4. The maximum Gasteiger partial charge on any atom is 0.271 e. The van der Waals surface area contributed by atoms with Crippen LogP contribution >= 0.6 is 22.9 Å². The number of halogens is 1. The van der Waals surface area contributed by atoms with Gasteiger partial charge in [0.05, 0.1) is 0 Å². The molecule has 1 N–H and O–H groups in total. The van der Waals surface area contributed by atoms with Crippen LogP contribution in [0, 0.1) is 0 Å². The van der Waals surface area contributed by atoms with Crippen molar-refractivity contribution >= 4 is 44.6 Å². The van der Waals surface area contributed by atoms with Crippen molar-refractivity contribution in [1.82, 2.24) is 4.90 Å². The van der Waals surface area contributed by atoms with Crippen molar-refractivity contribution in [3.8, 4) is 0 Å². The van der Waals surface area contributed by atoms with Gasteiger partial charge in [-0.05, 0) is 47.3 Å². The molecule has 0 saturated heterocycles. The Hall–Kier alpha value is -2.35. The van der Waals surface area contributed by atoms with Crippen LogP contribution in [0.2, 0.25) is 5.02 Å². The molecule has 1 amide bonds. The molecule has 3 aromatic rings. The summed E-state index contributed by atoms with van der Waals surface area (Å²) in [5.41, 5.74) is 1.64. The fourth-order valence-electron chi connectivity index (χ4n) is 2.54. The number of rotatable bonds is 6. The summed E-state index contributed by atoms with van der Waals surface area (Å²) in [6, 6.07) is 16.9. The van der Waals surface area contributed by atoms with Gasteiger partial charge in [-0.2, -0.15) is 0 Å². The molecule has 1 aromatic heterocycles. The summed E-state index contributed by atoms with van der Waals surface area (Å²) in [5.74, 6) is -0.216. The lowest BCUT2D eigenvalue weighted by atomic mass is 10.1. The first-order valence-electron chi connectivity index (χ1n) is 8.01. The van der Waals surface area contributed by atoms with Crippen LogP contribution in [0.5, 0.6) is 0 Å². The van der Waals surface area contributed by atoms with Crippen LogP contribution < -0.4 is 4.72 Å². The third kappa shape index (κ3) is 4.88. The van der Waals surface area contributed by atoms with Gasteiger partial charge >= 0.3 is 0 Å². The summed E-state index contributed by atoms with van der Waals surface area (Å²) in [5, 5.41) is 2.30. The predicted molar refractivity (Wildman–Crippen MR) is 109 cm³/mol. The van der Waals surface area contributed by atoms with Gasteiger partial charge in [0.2, 0.25) is 0 Å². The topological polar surface area (TPSA) is 66.5 Å². The number of anilines is 1. The van der Waals surface area contributed by atoms with E-state index in [1.807, 2.05) is 12.1 Å². The normalized spacial score (nSPS) is 11.2. The highest BCUT2D eigenvalue weighted by atomic mass is 35.5. The summed E-state index contributed by atoms with van der Waals surface area (Å²) in [6.07, 6.45) is 0. The predicted octanol–water partition coefficient (Wildman–Crippen LogP) is 4.47. The Morgan fingerprint density at radius 1 is 1.11 bits per heavy atom. The van der Waals surface area contributed by atoms with Crippen LogP contribution in [-0.4, -0.2) is 26.3 Å². The van der Waals surface area contributed by atoms with Gasteiger partial charge in [-0.1, -0.05) is 35.9 Å². The van der Waals surface area contributed by atoms with E-state index < -0.39 is 10.0 Å². The van der Waals surface area contributed by atoms with Crippen LogP contribution in [0.25, 0.3) is 0 Å². The van der Waals surface area contributed by atoms with E-state index in [4.69, 9.17) is 11.6 Å². The fraction of sp³-hybridized carbons (Fsp3) is 0.105. The smallest absolute Gasteiger partial charge is 0.271 e. The number of amides is 1. The van der Waals surface area contributed by atoms with E-state index in [-0.39, 0.29) is 10.1 Å². The lowest BCUT2D eigenvalue weighted by Crippen LogP contribution is -2.26. The van der Waals surface area contributed by atoms with Crippen LogP contribution in [0.4, 0.5) is 5.69 Å². The van der Waals surface area contributed by atoms with Crippen molar-refractivity contribution in [1.29, 1.82) is 0 Å². The van der Waals surface area contributed by atoms with Crippen LogP contribution in [0.1, 0.15) is 15.9 Å². The number of carbonyl (C=O) groups excluding carboxylic acids is 1. The molecule has 0 aliphatic heterocycles. The Kier molecular flexibility index (Phi) is 5.84. The lowest BCUT2D eigenvalue weighted by Gasteiger charge is -2.18. The number of thiophene rings is 1. The summed E-state index contributed by atoms with van der Waals surface area (Å²) >= 11 is 7.11. The maximum absolute atomic E-state index is 12.7. The number of benzene rings is 2. The second kappa shape index (κ2) is 8.12. The average molecular weight is 421 g/mol. The standard InChI is InChI=1S/C19H17ClN2O3S2/c1-22(13-14-5-2-7-16(20)11-14)19(23)15-6-3-8-17(12-15)21-27(24,25)18-9-4-10-26-18/h2-12,21H,13H2,1H3. The molecule has 140 valence electrons. The highest BCUT2D eigenvalue weighted by molar-refractivity contribution is 7.94. The molecule has 0 atom stereocenters. The molecular weight excluding hydrogens is 404 g/mol. The molecule has 0 fully saturated rings. The monoisotopic (exact) mass is 420 g/mol. The zero-order valence-electron chi connectivity index (χ0n) is 14.4. The SMILES string of the molecule is CN(Cc1cccc(Cl)c1)C(=O)c1cccc(NS(=O)(=O)c2cccs2)c1. The summed E-state index contributed by atoms with van der Waals surface area (Å²) in [6.45, 7) is 0.393. The first kappa shape index (κ1) is 19.4. The number of carbonyl (C=O) groups is 1. The highest BCUT2D eigenvalue weighted by Crippen LogP contribution is 2.21. The number of nitrogens with one attached hydrogen (secondary N) is 1. The van der Waals surface area contributed by atoms with Crippen molar-refractivity contribution in [2.45, 2.75) is 10.8 Å². The van der Waals surface area contributed by atoms with Gasteiger partial charge in [-0.3, -0.25) is 9.52 Å². The Bertz CT molecular complexity index is 1050. The molecule has 1 heterocycles. The van der Waals surface area contributed by atoms with E-state index in [2.05, 4.69) is 4.72 Å². The second-order valence-electron chi connectivity index (χ2n) is 5.91. The van der Waals surface area contributed by atoms with Crippen LogP contribution in [0.15, 0.2) is 70.3 Å².